The fourth-order valence-corrected chi connectivity index (χ4v) is 1.71. The van der Waals surface area contributed by atoms with E-state index in [4.69, 9.17) is 0 Å². The molecule has 0 spiro atoms. The van der Waals surface area contributed by atoms with Crippen LogP contribution in [0.1, 0.15) is 5.56 Å². The maximum absolute atomic E-state index is 4.14. The van der Waals surface area contributed by atoms with Gasteiger partial charge in [-0.15, -0.1) is 0 Å². The first-order chi connectivity index (χ1) is 7.90. The Balaban J connectivity index is 2.23. The Morgan fingerprint density at radius 3 is 2.06 bits per heavy atom. The van der Waals surface area contributed by atoms with Gasteiger partial charge in [0.05, 0.1) is 0 Å². The van der Waals surface area contributed by atoms with Crippen molar-refractivity contribution in [2.45, 2.75) is 0 Å². The summed E-state index contributed by atoms with van der Waals surface area (Å²) in [6, 6.07) is 18.9. The maximum atomic E-state index is 4.14. The van der Waals surface area contributed by atoms with Crippen molar-refractivity contribution >= 4 is 18.7 Å². The Labute approximate surface area is 102 Å². The zero-order valence-corrected chi connectivity index (χ0v) is 9.90. The van der Waals surface area contributed by atoms with Gasteiger partial charge in [0, 0.05) is 5.75 Å². The number of thiol groups is 1. The largest absolute Gasteiger partial charge is 0.175 e. The molecular weight excluding hydrogens is 212 g/mol. The zero-order valence-electron chi connectivity index (χ0n) is 9.01. The predicted molar refractivity (Wildman–Crippen MR) is 74.8 cm³/mol. The van der Waals surface area contributed by atoms with Gasteiger partial charge in [0.15, 0.2) is 0 Å². The first-order valence-corrected chi connectivity index (χ1v) is 5.96. The molecule has 0 aliphatic rings. The van der Waals surface area contributed by atoms with Crippen LogP contribution >= 0.6 is 12.6 Å². The van der Waals surface area contributed by atoms with Crippen molar-refractivity contribution in [3.8, 4) is 11.1 Å². The second kappa shape index (κ2) is 5.57. The normalized spacial score (nSPS) is 10.8. The minimum absolute atomic E-state index is 0.778. The summed E-state index contributed by atoms with van der Waals surface area (Å²) in [4.78, 5) is 0. The first-order valence-electron chi connectivity index (χ1n) is 5.33. The molecule has 2 aromatic carbocycles. The van der Waals surface area contributed by atoms with Crippen LogP contribution in [0.5, 0.6) is 0 Å². The molecule has 0 aliphatic carbocycles. The number of hydrogen-bond acceptors (Lipinski definition) is 1. The lowest BCUT2D eigenvalue weighted by Gasteiger charge is -2.01. The lowest BCUT2D eigenvalue weighted by atomic mass is 10.0. The van der Waals surface area contributed by atoms with Gasteiger partial charge in [0.2, 0.25) is 0 Å². The highest BCUT2D eigenvalue weighted by Gasteiger charge is 1.94. The van der Waals surface area contributed by atoms with E-state index in [1.807, 2.05) is 12.1 Å². The summed E-state index contributed by atoms with van der Waals surface area (Å²) in [5, 5.41) is 0. The molecule has 0 N–H and O–H groups in total. The van der Waals surface area contributed by atoms with Gasteiger partial charge in [-0.25, -0.2) is 0 Å². The number of hydrogen-bond donors (Lipinski definition) is 1. The Bertz CT molecular complexity index is 455. The summed E-state index contributed by atoms with van der Waals surface area (Å²) in [5.41, 5.74) is 3.73. The number of benzene rings is 2. The van der Waals surface area contributed by atoms with Crippen molar-refractivity contribution in [3.05, 3.63) is 66.2 Å². The van der Waals surface area contributed by atoms with E-state index in [2.05, 4.69) is 67.2 Å². The van der Waals surface area contributed by atoms with E-state index in [0.29, 0.717) is 0 Å². The van der Waals surface area contributed by atoms with Crippen LogP contribution in [0.3, 0.4) is 0 Å². The second-order valence-corrected chi connectivity index (χ2v) is 3.94. The number of rotatable bonds is 3. The van der Waals surface area contributed by atoms with Crippen LogP contribution < -0.4 is 0 Å². The van der Waals surface area contributed by atoms with Gasteiger partial charge >= 0.3 is 0 Å². The van der Waals surface area contributed by atoms with Crippen molar-refractivity contribution in [1.29, 1.82) is 0 Å². The molecule has 0 aromatic heterocycles. The summed E-state index contributed by atoms with van der Waals surface area (Å²) in [7, 11) is 0. The highest BCUT2D eigenvalue weighted by molar-refractivity contribution is 7.80. The van der Waals surface area contributed by atoms with Crippen molar-refractivity contribution in [2.24, 2.45) is 0 Å². The zero-order chi connectivity index (χ0) is 11.2. The van der Waals surface area contributed by atoms with Gasteiger partial charge in [-0.1, -0.05) is 66.7 Å². The average molecular weight is 226 g/mol. The van der Waals surface area contributed by atoms with Gasteiger partial charge in [0.25, 0.3) is 0 Å². The molecule has 0 aliphatic heterocycles. The van der Waals surface area contributed by atoms with E-state index in [-0.39, 0.29) is 0 Å². The Morgan fingerprint density at radius 2 is 1.44 bits per heavy atom. The maximum Gasteiger partial charge on any atom is 0.00858 e. The minimum atomic E-state index is 0.778. The van der Waals surface area contributed by atoms with Gasteiger partial charge in [-0.3, -0.25) is 0 Å². The molecule has 0 radical (unpaired) electrons. The summed E-state index contributed by atoms with van der Waals surface area (Å²) < 4.78 is 0. The van der Waals surface area contributed by atoms with Crippen molar-refractivity contribution in [1.82, 2.24) is 0 Å². The molecule has 0 bridgehead atoms. The minimum Gasteiger partial charge on any atom is -0.175 e. The van der Waals surface area contributed by atoms with Crippen LogP contribution in [0.4, 0.5) is 0 Å². The SMILES string of the molecule is SCC=Cc1ccc(-c2ccccc2)cc1. The predicted octanol–water partition coefficient (Wildman–Crippen LogP) is 4.30. The van der Waals surface area contributed by atoms with Gasteiger partial charge in [-0.2, -0.15) is 12.6 Å². The molecule has 0 fully saturated rings. The van der Waals surface area contributed by atoms with Crippen LogP contribution in [-0.2, 0) is 0 Å². The molecule has 0 saturated carbocycles. The standard InChI is InChI=1S/C15H14S/c16-12-4-5-13-8-10-15(11-9-13)14-6-2-1-3-7-14/h1-11,16H,12H2. The molecule has 0 atom stereocenters. The highest BCUT2D eigenvalue weighted by Crippen LogP contribution is 2.19. The van der Waals surface area contributed by atoms with Crippen LogP contribution in [0, 0.1) is 0 Å². The van der Waals surface area contributed by atoms with Gasteiger partial charge in [-0.05, 0) is 16.7 Å². The third kappa shape index (κ3) is 2.77. The summed E-state index contributed by atoms with van der Waals surface area (Å²) >= 11 is 4.14. The van der Waals surface area contributed by atoms with E-state index in [1.165, 1.54) is 16.7 Å². The van der Waals surface area contributed by atoms with E-state index < -0.39 is 0 Å². The van der Waals surface area contributed by atoms with E-state index >= 15 is 0 Å². The Hall–Kier alpha value is -1.47. The topological polar surface area (TPSA) is 0 Å². The Kier molecular flexibility index (Phi) is 3.84. The Morgan fingerprint density at radius 1 is 0.812 bits per heavy atom. The monoisotopic (exact) mass is 226 g/mol. The van der Waals surface area contributed by atoms with Crippen LogP contribution in [-0.4, -0.2) is 5.75 Å². The highest BCUT2D eigenvalue weighted by atomic mass is 32.1. The average Bonchev–Trinajstić information content (AvgIpc) is 2.38. The molecule has 16 heavy (non-hydrogen) atoms. The molecule has 0 nitrogen and oxygen atoms in total. The molecule has 80 valence electrons. The fourth-order valence-electron chi connectivity index (χ4n) is 1.61. The van der Waals surface area contributed by atoms with Crippen LogP contribution in [0.15, 0.2) is 60.7 Å². The van der Waals surface area contributed by atoms with E-state index in [0.717, 1.165) is 5.75 Å². The lowest BCUT2D eigenvalue weighted by molar-refractivity contribution is 1.60. The first kappa shape index (κ1) is 11.0. The van der Waals surface area contributed by atoms with Crippen molar-refractivity contribution in [2.75, 3.05) is 5.75 Å². The molecule has 0 unspecified atom stereocenters. The molecule has 0 heterocycles. The summed E-state index contributed by atoms with van der Waals surface area (Å²) in [5.74, 6) is 0.778. The van der Waals surface area contributed by atoms with Crippen molar-refractivity contribution < 1.29 is 0 Å². The second-order valence-electron chi connectivity index (χ2n) is 3.57. The quantitative estimate of drug-likeness (QED) is 0.741. The molecule has 2 aromatic rings. The van der Waals surface area contributed by atoms with E-state index in [1.54, 1.807) is 0 Å². The van der Waals surface area contributed by atoms with Crippen LogP contribution in [0.2, 0.25) is 0 Å². The smallest absolute Gasteiger partial charge is 0.00858 e. The third-order valence-corrected chi connectivity index (χ3v) is 2.64. The van der Waals surface area contributed by atoms with Gasteiger partial charge < -0.3 is 0 Å². The lowest BCUT2D eigenvalue weighted by Crippen LogP contribution is -1.77. The third-order valence-electron chi connectivity index (χ3n) is 2.43. The summed E-state index contributed by atoms with van der Waals surface area (Å²) in [6.45, 7) is 0. The molecule has 2 rings (SSSR count). The summed E-state index contributed by atoms with van der Waals surface area (Å²) in [6.07, 6.45) is 4.13. The van der Waals surface area contributed by atoms with Gasteiger partial charge in [0.1, 0.15) is 0 Å². The molecular formula is C15H14S. The fraction of sp³-hybridized carbons (Fsp3) is 0.0667. The molecule has 0 saturated heterocycles. The van der Waals surface area contributed by atoms with E-state index in [9.17, 15) is 0 Å². The van der Waals surface area contributed by atoms with Crippen LogP contribution in [0.25, 0.3) is 17.2 Å². The molecule has 0 amide bonds. The van der Waals surface area contributed by atoms with Crippen molar-refractivity contribution in [3.63, 3.8) is 0 Å². The molecule has 1 heteroatoms.